The Morgan fingerprint density at radius 1 is 0.750 bits per heavy atom. The lowest BCUT2D eigenvalue weighted by molar-refractivity contribution is -0.972. The number of nitrogens with zero attached hydrogens (tertiary/aromatic N) is 1. The van der Waals surface area contributed by atoms with Crippen LogP contribution in [0.15, 0.2) is 84.9 Å². The van der Waals surface area contributed by atoms with Gasteiger partial charge >= 0.3 is 0 Å². The summed E-state index contributed by atoms with van der Waals surface area (Å²) in [6, 6.07) is 28.9. The van der Waals surface area contributed by atoms with E-state index in [-0.39, 0.29) is 22.9 Å². The number of quaternary nitrogens is 1. The monoisotopic (exact) mass is 495 g/mol. The maximum absolute atomic E-state index is 13.3. The molecule has 0 fully saturated rings. The Hall–Kier alpha value is -2.63. The highest BCUT2D eigenvalue weighted by Gasteiger charge is 2.37. The van der Waals surface area contributed by atoms with Gasteiger partial charge in [0.05, 0.1) is 23.5 Å². The molecule has 170 valence electrons. The Balaban J connectivity index is 0.00000363. The quantitative estimate of drug-likeness (QED) is 0.447. The second-order valence-corrected chi connectivity index (χ2v) is 8.68. The summed E-state index contributed by atoms with van der Waals surface area (Å²) in [5, 5.41) is 6.57. The van der Waals surface area contributed by atoms with Crippen molar-refractivity contribution in [2.75, 3.05) is 17.2 Å². The van der Waals surface area contributed by atoms with Crippen molar-refractivity contribution in [3.8, 4) is 0 Å². The third-order valence-corrected chi connectivity index (χ3v) is 6.07. The summed E-state index contributed by atoms with van der Waals surface area (Å²) in [6.45, 7) is 10.1. The first-order chi connectivity index (χ1) is 14.9. The lowest BCUT2D eigenvalue weighted by atomic mass is 10.1. The number of halogens is 1. The zero-order chi connectivity index (χ0) is 22.3. The zero-order valence-corrected chi connectivity index (χ0v) is 21.0. The van der Waals surface area contributed by atoms with E-state index in [1.54, 1.807) is 0 Å². The molecule has 0 saturated heterocycles. The molecule has 0 radical (unpaired) electrons. The van der Waals surface area contributed by atoms with Gasteiger partial charge in [-0.15, -0.1) is 0 Å². The van der Waals surface area contributed by atoms with E-state index in [1.165, 1.54) is 5.56 Å². The number of carbonyl (C=O) groups excluding carboxylic acids is 1. The SMILES string of the molecule is CC(C)[N+](CC(=O)Nc1ccccc1Nc1ccccc1)(Cc1ccccc1)C(C)C.[Br-]. The Labute approximate surface area is 203 Å². The van der Waals surface area contributed by atoms with Crippen LogP contribution >= 0.6 is 0 Å². The Kier molecular flexibility index (Phi) is 9.48. The number of hydrogen-bond donors (Lipinski definition) is 2. The molecule has 3 aromatic rings. The van der Waals surface area contributed by atoms with Crippen LogP contribution in [0, 0.1) is 0 Å². The third-order valence-electron chi connectivity index (χ3n) is 6.07. The summed E-state index contributed by atoms with van der Waals surface area (Å²) in [7, 11) is 0. The predicted octanol–water partition coefficient (Wildman–Crippen LogP) is 3.21. The van der Waals surface area contributed by atoms with Gasteiger partial charge in [0, 0.05) is 11.3 Å². The normalized spacial score (nSPS) is 11.2. The van der Waals surface area contributed by atoms with Crippen molar-refractivity contribution in [3.05, 3.63) is 90.5 Å². The number of para-hydroxylation sites is 3. The van der Waals surface area contributed by atoms with Crippen LogP contribution in [0.5, 0.6) is 0 Å². The van der Waals surface area contributed by atoms with Gasteiger partial charge in [-0.2, -0.15) is 0 Å². The lowest BCUT2D eigenvalue weighted by Gasteiger charge is -2.45. The summed E-state index contributed by atoms with van der Waals surface area (Å²) in [5.74, 6) is 0.0284. The fourth-order valence-electron chi connectivity index (χ4n) is 4.14. The minimum atomic E-state index is 0. The first kappa shape index (κ1) is 25.6. The van der Waals surface area contributed by atoms with Crippen LogP contribution in [-0.4, -0.2) is 29.0 Å². The smallest absolute Gasteiger partial charge is 0.279 e. The van der Waals surface area contributed by atoms with Crippen LogP contribution in [0.1, 0.15) is 33.3 Å². The van der Waals surface area contributed by atoms with E-state index in [0.29, 0.717) is 23.1 Å². The second kappa shape index (κ2) is 11.8. The molecule has 0 saturated carbocycles. The molecule has 5 heteroatoms. The molecule has 0 aromatic heterocycles. The van der Waals surface area contributed by atoms with Crippen molar-refractivity contribution in [1.29, 1.82) is 0 Å². The van der Waals surface area contributed by atoms with Gasteiger partial charge < -0.3 is 32.1 Å². The molecule has 0 aliphatic rings. The number of hydrogen-bond acceptors (Lipinski definition) is 2. The van der Waals surface area contributed by atoms with E-state index in [2.05, 4.69) is 62.6 Å². The number of anilines is 3. The second-order valence-electron chi connectivity index (χ2n) is 8.68. The largest absolute Gasteiger partial charge is 1.00 e. The summed E-state index contributed by atoms with van der Waals surface area (Å²) in [6.07, 6.45) is 0. The van der Waals surface area contributed by atoms with Crippen LogP contribution < -0.4 is 27.6 Å². The van der Waals surface area contributed by atoms with E-state index >= 15 is 0 Å². The van der Waals surface area contributed by atoms with E-state index in [9.17, 15) is 4.79 Å². The number of benzene rings is 3. The van der Waals surface area contributed by atoms with Gasteiger partial charge in [0.1, 0.15) is 6.54 Å². The molecule has 4 nitrogen and oxygen atoms in total. The lowest BCUT2D eigenvalue weighted by Crippen LogP contribution is -3.00. The topological polar surface area (TPSA) is 41.1 Å². The van der Waals surface area contributed by atoms with Gasteiger partial charge in [0.25, 0.3) is 5.91 Å². The highest BCUT2D eigenvalue weighted by atomic mass is 79.9. The van der Waals surface area contributed by atoms with Crippen molar-refractivity contribution in [1.82, 2.24) is 0 Å². The van der Waals surface area contributed by atoms with E-state index in [1.807, 2.05) is 60.7 Å². The van der Waals surface area contributed by atoms with Crippen LogP contribution in [0.4, 0.5) is 17.1 Å². The maximum atomic E-state index is 13.3. The van der Waals surface area contributed by atoms with Gasteiger partial charge in [0.15, 0.2) is 6.54 Å². The van der Waals surface area contributed by atoms with Crippen LogP contribution in [-0.2, 0) is 11.3 Å². The molecular weight excluding hydrogens is 462 g/mol. The molecule has 0 unspecified atom stereocenters. The first-order valence-corrected chi connectivity index (χ1v) is 11.0. The summed E-state index contributed by atoms with van der Waals surface area (Å²) < 4.78 is 0.699. The Morgan fingerprint density at radius 2 is 1.25 bits per heavy atom. The number of nitrogens with one attached hydrogen (secondary N) is 2. The molecular formula is C27H34BrN3O. The minimum Gasteiger partial charge on any atom is -1.00 e. The third kappa shape index (κ3) is 6.44. The predicted molar refractivity (Wildman–Crippen MR) is 130 cm³/mol. The van der Waals surface area contributed by atoms with E-state index < -0.39 is 0 Å². The Bertz CT molecular complexity index is 966. The van der Waals surface area contributed by atoms with Gasteiger partial charge in [0.2, 0.25) is 0 Å². The minimum absolute atomic E-state index is 0. The number of carbonyl (C=O) groups is 1. The molecule has 0 spiro atoms. The molecule has 0 heterocycles. The van der Waals surface area contributed by atoms with Gasteiger partial charge in [-0.1, -0.05) is 60.7 Å². The molecule has 1 amide bonds. The standard InChI is InChI=1S/C27H33N3O.BrH/c1-21(2)30(22(3)4,19-23-13-7-5-8-14-23)20-27(31)29-26-18-12-11-17-25(26)28-24-15-9-6-10-16-24;/h5-18,21-22,28H,19-20H2,1-4H3;1H. The van der Waals surface area contributed by atoms with Crippen LogP contribution in [0.3, 0.4) is 0 Å². The highest BCUT2D eigenvalue weighted by Crippen LogP contribution is 2.27. The van der Waals surface area contributed by atoms with Crippen molar-refractivity contribution >= 4 is 23.0 Å². The van der Waals surface area contributed by atoms with E-state index in [4.69, 9.17) is 0 Å². The fraction of sp³-hybridized carbons (Fsp3) is 0.296. The summed E-state index contributed by atoms with van der Waals surface area (Å²) in [5.41, 5.74) is 3.92. The summed E-state index contributed by atoms with van der Waals surface area (Å²) >= 11 is 0. The zero-order valence-electron chi connectivity index (χ0n) is 19.4. The molecule has 3 rings (SSSR count). The molecule has 0 bridgehead atoms. The van der Waals surface area contributed by atoms with Crippen molar-refractivity contribution in [2.24, 2.45) is 0 Å². The van der Waals surface area contributed by atoms with E-state index in [0.717, 1.165) is 23.6 Å². The molecule has 32 heavy (non-hydrogen) atoms. The first-order valence-electron chi connectivity index (χ1n) is 11.0. The highest BCUT2D eigenvalue weighted by molar-refractivity contribution is 5.95. The molecule has 2 N–H and O–H groups in total. The van der Waals surface area contributed by atoms with Gasteiger partial charge in [-0.05, 0) is 52.0 Å². The van der Waals surface area contributed by atoms with Gasteiger partial charge in [-0.25, -0.2) is 0 Å². The average molecular weight is 496 g/mol. The maximum Gasteiger partial charge on any atom is 0.279 e. The fourth-order valence-corrected chi connectivity index (χ4v) is 4.14. The van der Waals surface area contributed by atoms with Crippen molar-refractivity contribution in [3.63, 3.8) is 0 Å². The molecule has 0 aliphatic carbocycles. The van der Waals surface area contributed by atoms with Crippen LogP contribution in [0.2, 0.25) is 0 Å². The Morgan fingerprint density at radius 3 is 1.81 bits per heavy atom. The molecule has 0 atom stereocenters. The van der Waals surface area contributed by atoms with Gasteiger partial charge in [-0.3, -0.25) is 4.79 Å². The molecule has 0 aliphatic heterocycles. The number of rotatable bonds is 9. The summed E-state index contributed by atoms with van der Waals surface area (Å²) in [4.78, 5) is 13.3. The molecule has 3 aromatic carbocycles. The average Bonchev–Trinajstić information content (AvgIpc) is 2.76. The van der Waals surface area contributed by atoms with Crippen molar-refractivity contribution < 1.29 is 26.3 Å². The number of amides is 1. The van der Waals surface area contributed by atoms with Crippen LogP contribution in [0.25, 0.3) is 0 Å². The van der Waals surface area contributed by atoms with Crippen molar-refractivity contribution in [2.45, 2.75) is 46.3 Å².